The van der Waals surface area contributed by atoms with E-state index in [-0.39, 0.29) is 31.3 Å². The molecule has 3 rings (SSSR count). The van der Waals surface area contributed by atoms with Crippen molar-refractivity contribution in [1.82, 2.24) is 9.62 Å². The van der Waals surface area contributed by atoms with Crippen molar-refractivity contribution in [3.8, 4) is 0 Å². The van der Waals surface area contributed by atoms with Gasteiger partial charge in [0.2, 0.25) is 10.0 Å². The highest BCUT2D eigenvalue weighted by atomic mass is 32.2. The van der Waals surface area contributed by atoms with Crippen molar-refractivity contribution >= 4 is 27.0 Å². The largest absolute Gasteiger partial charge is 0.416 e. The van der Waals surface area contributed by atoms with Crippen molar-refractivity contribution in [1.29, 1.82) is 0 Å². The van der Waals surface area contributed by atoms with E-state index >= 15 is 0 Å². The predicted octanol–water partition coefficient (Wildman–Crippen LogP) is 3.92. The van der Waals surface area contributed by atoms with Crippen LogP contribution in [-0.4, -0.2) is 51.2 Å². The van der Waals surface area contributed by atoms with Crippen LogP contribution >= 0.6 is 11.3 Å². The standard InChI is InChI=1S/C22H28F3N3O3S2/c23-22(24,25)19-3-4-20(26-8-1-2-11-29)21(13-19)33(30,31)27-14-17-5-9-28(10-6-17)15-18-7-12-32-16-18/h1-4,7,12-13,16-17,26-27,29H,5-6,8-11,14-15H2/b2-1+. The van der Waals surface area contributed by atoms with Gasteiger partial charge in [0.05, 0.1) is 17.9 Å². The Hall–Kier alpha value is -1.92. The maximum absolute atomic E-state index is 13.2. The molecule has 1 aliphatic heterocycles. The molecule has 0 radical (unpaired) electrons. The van der Waals surface area contributed by atoms with Crippen molar-refractivity contribution in [2.45, 2.75) is 30.5 Å². The summed E-state index contributed by atoms with van der Waals surface area (Å²) < 4.78 is 68.1. The van der Waals surface area contributed by atoms with Gasteiger partial charge in [0, 0.05) is 19.6 Å². The number of rotatable bonds is 10. The smallest absolute Gasteiger partial charge is 0.392 e. The van der Waals surface area contributed by atoms with Gasteiger partial charge in [0.25, 0.3) is 0 Å². The number of likely N-dealkylation sites (tertiary alicyclic amines) is 1. The van der Waals surface area contributed by atoms with Crippen LogP contribution in [0.25, 0.3) is 0 Å². The first-order valence-electron chi connectivity index (χ1n) is 10.6. The van der Waals surface area contributed by atoms with E-state index in [1.54, 1.807) is 17.4 Å². The quantitative estimate of drug-likeness (QED) is 0.428. The van der Waals surface area contributed by atoms with Crippen molar-refractivity contribution in [2.24, 2.45) is 5.92 Å². The maximum atomic E-state index is 13.2. The van der Waals surface area contributed by atoms with E-state index in [1.807, 2.05) is 5.38 Å². The van der Waals surface area contributed by atoms with Gasteiger partial charge in [-0.3, -0.25) is 4.90 Å². The molecule has 0 bridgehead atoms. The molecule has 3 N–H and O–H groups in total. The number of benzene rings is 1. The van der Waals surface area contributed by atoms with Gasteiger partial charge in [-0.15, -0.1) is 0 Å². The van der Waals surface area contributed by atoms with E-state index in [2.05, 4.69) is 26.4 Å². The lowest BCUT2D eigenvalue weighted by Crippen LogP contribution is -2.38. The first-order valence-corrected chi connectivity index (χ1v) is 13.1. The fourth-order valence-corrected chi connectivity index (χ4v) is 5.67. The molecule has 33 heavy (non-hydrogen) atoms. The third kappa shape index (κ3) is 7.54. The fourth-order valence-electron chi connectivity index (χ4n) is 3.69. The number of nitrogens with zero attached hydrogens (tertiary/aromatic N) is 1. The molecule has 11 heteroatoms. The normalized spacial score (nSPS) is 16.5. The average molecular weight is 504 g/mol. The number of halogens is 3. The second-order valence-corrected chi connectivity index (χ2v) is 10.5. The van der Waals surface area contributed by atoms with Gasteiger partial charge >= 0.3 is 6.18 Å². The number of nitrogens with one attached hydrogen (secondary N) is 2. The number of alkyl halides is 3. The Kier molecular flexibility index (Phi) is 8.94. The fraction of sp³-hybridized carbons (Fsp3) is 0.455. The Bertz CT molecular complexity index is 1020. The summed E-state index contributed by atoms with van der Waals surface area (Å²) in [5.74, 6) is 0.119. The van der Waals surface area contributed by atoms with Crippen LogP contribution in [0.2, 0.25) is 0 Å². The summed E-state index contributed by atoms with van der Waals surface area (Å²) in [7, 11) is -4.17. The van der Waals surface area contributed by atoms with Gasteiger partial charge in [0.15, 0.2) is 0 Å². The predicted molar refractivity (Wildman–Crippen MR) is 124 cm³/mol. The first-order chi connectivity index (χ1) is 15.7. The minimum atomic E-state index is -4.66. The molecule has 2 aromatic rings. The number of anilines is 1. The van der Waals surface area contributed by atoms with Gasteiger partial charge in [-0.2, -0.15) is 24.5 Å². The minimum absolute atomic E-state index is 0.0728. The Balaban J connectivity index is 1.64. The van der Waals surface area contributed by atoms with E-state index in [0.717, 1.165) is 44.6 Å². The van der Waals surface area contributed by atoms with Crippen LogP contribution in [0.1, 0.15) is 24.0 Å². The number of aliphatic hydroxyl groups excluding tert-OH is 1. The van der Waals surface area contributed by atoms with E-state index in [4.69, 9.17) is 5.11 Å². The molecule has 0 saturated carbocycles. The lowest BCUT2D eigenvalue weighted by molar-refractivity contribution is -0.137. The summed E-state index contributed by atoms with van der Waals surface area (Å²) in [5, 5.41) is 15.8. The molecule has 2 heterocycles. The maximum Gasteiger partial charge on any atom is 0.416 e. The molecule has 182 valence electrons. The second kappa shape index (κ2) is 11.5. The van der Waals surface area contributed by atoms with Gasteiger partial charge in [0.1, 0.15) is 4.90 Å². The molecule has 0 amide bonds. The molecule has 0 unspecified atom stereocenters. The molecule has 1 aromatic heterocycles. The highest BCUT2D eigenvalue weighted by Crippen LogP contribution is 2.33. The number of hydrogen-bond acceptors (Lipinski definition) is 6. The SMILES string of the molecule is O=S(=O)(NCC1CCN(Cc2ccsc2)CC1)c1cc(C(F)(F)F)ccc1NC/C=C/CO. The Morgan fingerprint density at radius 3 is 2.58 bits per heavy atom. The zero-order valence-electron chi connectivity index (χ0n) is 18.0. The number of piperidine rings is 1. The summed E-state index contributed by atoms with van der Waals surface area (Å²) in [5.41, 5.74) is 0.308. The monoisotopic (exact) mass is 503 g/mol. The molecular weight excluding hydrogens is 475 g/mol. The number of thiophene rings is 1. The van der Waals surface area contributed by atoms with Gasteiger partial charge in [-0.25, -0.2) is 13.1 Å². The molecule has 0 atom stereocenters. The van der Waals surface area contributed by atoms with E-state index in [9.17, 15) is 21.6 Å². The van der Waals surface area contributed by atoms with Crippen LogP contribution < -0.4 is 10.0 Å². The lowest BCUT2D eigenvalue weighted by atomic mass is 9.97. The number of aliphatic hydroxyl groups is 1. The molecule has 0 aliphatic carbocycles. The van der Waals surface area contributed by atoms with Crippen molar-refractivity contribution in [2.75, 3.05) is 38.1 Å². The molecule has 0 spiro atoms. The first kappa shape index (κ1) is 25.7. The zero-order valence-corrected chi connectivity index (χ0v) is 19.6. The van der Waals surface area contributed by atoms with E-state index < -0.39 is 26.7 Å². The van der Waals surface area contributed by atoms with Gasteiger partial charge < -0.3 is 10.4 Å². The minimum Gasteiger partial charge on any atom is -0.392 e. The molecule has 1 saturated heterocycles. The molecular formula is C22H28F3N3O3S2. The number of sulfonamides is 1. The Labute approximate surface area is 196 Å². The van der Waals surface area contributed by atoms with Crippen LogP contribution in [0.3, 0.4) is 0 Å². The topological polar surface area (TPSA) is 81.7 Å². The van der Waals surface area contributed by atoms with E-state index in [1.165, 1.54) is 11.6 Å². The van der Waals surface area contributed by atoms with Crippen molar-refractivity contribution in [3.05, 3.63) is 58.3 Å². The highest BCUT2D eigenvalue weighted by Gasteiger charge is 2.33. The van der Waals surface area contributed by atoms with Crippen molar-refractivity contribution < 1.29 is 26.7 Å². The summed E-state index contributed by atoms with van der Waals surface area (Å²) in [6.45, 7) is 2.71. The molecule has 6 nitrogen and oxygen atoms in total. The van der Waals surface area contributed by atoms with E-state index in [0.29, 0.717) is 6.07 Å². The zero-order chi connectivity index (χ0) is 23.9. The third-order valence-electron chi connectivity index (χ3n) is 5.54. The van der Waals surface area contributed by atoms with Crippen LogP contribution in [0.5, 0.6) is 0 Å². The Morgan fingerprint density at radius 2 is 1.94 bits per heavy atom. The summed E-state index contributed by atoms with van der Waals surface area (Å²) in [4.78, 5) is 1.88. The van der Waals surface area contributed by atoms with Gasteiger partial charge in [-0.1, -0.05) is 12.2 Å². The summed E-state index contributed by atoms with van der Waals surface area (Å²) >= 11 is 1.65. The summed E-state index contributed by atoms with van der Waals surface area (Å²) in [6, 6.07) is 4.71. The summed E-state index contributed by atoms with van der Waals surface area (Å²) in [6.07, 6.45) is -0.0207. The molecule has 1 aliphatic rings. The average Bonchev–Trinajstić information content (AvgIpc) is 3.29. The van der Waals surface area contributed by atoms with Crippen LogP contribution in [-0.2, 0) is 22.7 Å². The third-order valence-corrected chi connectivity index (χ3v) is 7.73. The Morgan fingerprint density at radius 1 is 1.18 bits per heavy atom. The van der Waals surface area contributed by atoms with Crippen LogP contribution in [0.4, 0.5) is 18.9 Å². The second-order valence-electron chi connectivity index (χ2n) is 7.95. The van der Waals surface area contributed by atoms with Crippen LogP contribution in [0.15, 0.2) is 52.1 Å². The molecule has 1 fully saturated rings. The highest BCUT2D eigenvalue weighted by molar-refractivity contribution is 7.89. The van der Waals surface area contributed by atoms with Crippen molar-refractivity contribution in [3.63, 3.8) is 0 Å². The molecule has 1 aromatic carbocycles. The van der Waals surface area contributed by atoms with Crippen LogP contribution in [0, 0.1) is 5.92 Å². The van der Waals surface area contributed by atoms with Gasteiger partial charge in [-0.05, 0) is 72.4 Å². The lowest BCUT2D eigenvalue weighted by Gasteiger charge is -2.31. The number of hydrogen-bond donors (Lipinski definition) is 3.